The van der Waals surface area contributed by atoms with Gasteiger partial charge in [-0.25, -0.2) is 0 Å². The normalized spacial score (nSPS) is 11.3. The molecule has 0 aliphatic carbocycles. The van der Waals surface area contributed by atoms with Gasteiger partial charge in [0.15, 0.2) is 0 Å². The van der Waals surface area contributed by atoms with E-state index in [-0.39, 0.29) is 0 Å². The fourth-order valence-corrected chi connectivity index (χ4v) is 2.97. The molecule has 0 saturated heterocycles. The van der Waals surface area contributed by atoms with Crippen molar-refractivity contribution in [3.05, 3.63) is 47.7 Å². The molecule has 0 aliphatic heterocycles. The number of allylic oxidation sites excluding steroid dienone is 1. The second-order valence-electron chi connectivity index (χ2n) is 6.27. The minimum Gasteiger partial charge on any atom is -0.516 e. The maximum Gasteiger partial charge on any atom is 0.0751 e. The predicted octanol–water partition coefficient (Wildman–Crippen LogP) is 6.76. The van der Waals surface area contributed by atoms with Crippen molar-refractivity contribution in [1.29, 1.82) is 0 Å². The third-order valence-electron chi connectivity index (χ3n) is 4.34. The van der Waals surface area contributed by atoms with Crippen LogP contribution in [0.1, 0.15) is 82.3 Å². The van der Waals surface area contributed by atoms with Crippen molar-refractivity contribution in [3.63, 3.8) is 0 Å². The van der Waals surface area contributed by atoms with E-state index >= 15 is 0 Å². The Bertz CT molecular complexity index is 395. The number of benzene rings is 1. The van der Waals surface area contributed by atoms with Crippen molar-refractivity contribution in [2.24, 2.45) is 0 Å². The van der Waals surface area contributed by atoms with E-state index in [0.717, 1.165) is 19.1 Å². The molecule has 0 unspecified atom stereocenters. The van der Waals surface area contributed by atoms with Crippen molar-refractivity contribution in [3.8, 4) is 0 Å². The summed E-state index contributed by atoms with van der Waals surface area (Å²) in [5.74, 6) is 0. The van der Waals surface area contributed by atoms with Crippen molar-refractivity contribution >= 4 is 0 Å². The molecule has 1 rings (SSSR count). The molecule has 1 N–H and O–H groups in total. The summed E-state index contributed by atoms with van der Waals surface area (Å²) in [6.45, 7) is 2.27. The maximum atomic E-state index is 8.63. The summed E-state index contributed by atoms with van der Waals surface area (Å²) in [4.78, 5) is 0. The first-order chi connectivity index (χ1) is 10.9. The van der Waals surface area contributed by atoms with Crippen LogP contribution in [0.15, 0.2) is 36.6 Å². The minimum absolute atomic E-state index is 0.983. The maximum absolute atomic E-state index is 8.63. The van der Waals surface area contributed by atoms with Crippen LogP contribution in [0, 0.1) is 0 Å². The van der Waals surface area contributed by atoms with Crippen LogP contribution >= 0.6 is 0 Å². The monoisotopic (exact) mass is 302 g/mol. The highest BCUT2D eigenvalue weighted by atomic mass is 16.2. The van der Waals surface area contributed by atoms with E-state index in [2.05, 4.69) is 31.2 Å². The van der Waals surface area contributed by atoms with Gasteiger partial charge in [-0.3, -0.25) is 0 Å². The first-order valence-corrected chi connectivity index (χ1v) is 9.24. The van der Waals surface area contributed by atoms with Crippen molar-refractivity contribution in [2.75, 3.05) is 0 Å². The molecule has 0 radical (unpaired) electrons. The molecule has 0 atom stereocenters. The average molecular weight is 303 g/mol. The first kappa shape index (κ1) is 18.8. The van der Waals surface area contributed by atoms with Gasteiger partial charge in [-0.05, 0) is 49.7 Å². The van der Waals surface area contributed by atoms with E-state index in [1.165, 1.54) is 69.8 Å². The van der Waals surface area contributed by atoms with Gasteiger partial charge in [0.1, 0.15) is 0 Å². The summed E-state index contributed by atoms with van der Waals surface area (Å²) in [5.41, 5.74) is 3.08. The van der Waals surface area contributed by atoms with Gasteiger partial charge < -0.3 is 5.11 Å². The molecule has 22 heavy (non-hydrogen) atoms. The zero-order chi connectivity index (χ0) is 15.9. The van der Waals surface area contributed by atoms with Crippen molar-refractivity contribution < 1.29 is 5.11 Å². The van der Waals surface area contributed by atoms with Crippen LogP contribution in [0.4, 0.5) is 0 Å². The second-order valence-corrected chi connectivity index (χ2v) is 6.27. The zero-order valence-electron chi connectivity index (χ0n) is 14.4. The summed E-state index contributed by atoms with van der Waals surface area (Å²) >= 11 is 0. The van der Waals surface area contributed by atoms with E-state index < -0.39 is 0 Å². The standard InChI is InChI=1S/C21H34O/c1-2-3-4-5-6-7-10-15-20-17-12-13-18-21(20)16-11-8-9-14-19-22/h12-14,17-19,22H,2-11,15-16H2,1H3. The lowest BCUT2D eigenvalue weighted by Gasteiger charge is -2.09. The lowest BCUT2D eigenvalue weighted by Crippen LogP contribution is -1.95. The van der Waals surface area contributed by atoms with Crippen LogP contribution in [-0.4, -0.2) is 5.11 Å². The van der Waals surface area contributed by atoms with Gasteiger partial charge in [0.2, 0.25) is 0 Å². The lowest BCUT2D eigenvalue weighted by molar-refractivity contribution is 0.470. The summed E-state index contributed by atoms with van der Waals surface area (Å²) in [6, 6.07) is 8.93. The first-order valence-electron chi connectivity index (χ1n) is 9.24. The molecular formula is C21H34O. The molecule has 0 fully saturated rings. The van der Waals surface area contributed by atoms with Crippen molar-refractivity contribution in [1.82, 2.24) is 0 Å². The third kappa shape index (κ3) is 8.92. The average Bonchev–Trinajstić information content (AvgIpc) is 2.55. The van der Waals surface area contributed by atoms with E-state index in [4.69, 9.17) is 5.11 Å². The zero-order valence-corrected chi connectivity index (χ0v) is 14.4. The minimum atomic E-state index is 0.983. The number of rotatable bonds is 13. The van der Waals surface area contributed by atoms with E-state index in [1.807, 2.05) is 6.08 Å². The number of aliphatic hydroxyl groups excluding tert-OH is 1. The summed E-state index contributed by atoms with van der Waals surface area (Å²) in [5, 5.41) is 8.63. The molecule has 0 amide bonds. The van der Waals surface area contributed by atoms with Crippen LogP contribution in [-0.2, 0) is 12.8 Å². The molecular weight excluding hydrogens is 268 g/mol. The van der Waals surface area contributed by atoms with Crippen molar-refractivity contribution in [2.45, 2.75) is 84.0 Å². The summed E-state index contributed by atoms with van der Waals surface area (Å²) in [6.07, 6.45) is 18.4. The van der Waals surface area contributed by atoms with Crippen LogP contribution in [0.2, 0.25) is 0 Å². The molecule has 0 bridgehead atoms. The van der Waals surface area contributed by atoms with Crippen LogP contribution < -0.4 is 0 Å². The molecule has 0 heterocycles. The Labute approximate surface area is 137 Å². The number of hydrogen-bond donors (Lipinski definition) is 1. The highest BCUT2D eigenvalue weighted by Gasteiger charge is 2.01. The SMILES string of the molecule is CCCCCCCCCc1ccccc1CCCCC=CO. The summed E-state index contributed by atoms with van der Waals surface area (Å²) in [7, 11) is 0. The fraction of sp³-hybridized carbons (Fsp3) is 0.619. The van der Waals surface area contributed by atoms with Gasteiger partial charge in [-0.2, -0.15) is 0 Å². The highest BCUT2D eigenvalue weighted by molar-refractivity contribution is 5.27. The van der Waals surface area contributed by atoms with Crippen LogP contribution in [0.5, 0.6) is 0 Å². The number of unbranched alkanes of at least 4 members (excludes halogenated alkanes) is 8. The highest BCUT2D eigenvalue weighted by Crippen LogP contribution is 2.17. The molecule has 1 aromatic carbocycles. The lowest BCUT2D eigenvalue weighted by atomic mass is 9.97. The molecule has 124 valence electrons. The fourth-order valence-electron chi connectivity index (χ4n) is 2.97. The molecule has 1 aromatic rings. The summed E-state index contributed by atoms with van der Waals surface area (Å²) < 4.78 is 0. The van der Waals surface area contributed by atoms with Crippen LogP contribution in [0.25, 0.3) is 0 Å². The molecule has 0 spiro atoms. The predicted molar refractivity (Wildman–Crippen MR) is 97.5 cm³/mol. The topological polar surface area (TPSA) is 20.2 Å². The van der Waals surface area contributed by atoms with E-state index in [1.54, 1.807) is 5.56 Å². The Balaban J connectivity index is 2.22. The van der Waals surface area contributed by atoms with E-state index in [0.29, 0.717) is 0 Å². The molecule has 1 nitrogen and oxygen atoms in total. The largest absolute Gasteiger partial charge is 0.516 e. The molecule has 0 aromatic heterocycles. The number of aliphatic hydroxyl groups is 1. The molecule has 1 heteroatoms. The Morgan fingerprint density at radius 3 is 1.91 bits per heavy atom. The van der Waals surface area contributed by atoms with E-state index in [9.17, 15) is 0 Å². The van der Waals surface area contributed by atoms with Gasteiger partial charge in [-0.15, -0.1) is 0 Å². The third-order valence-corrected chi connectivity index (χ3v) is 4.34. The quantitative estimate of drug-likeness (QED) is 0.315. The van der Waals surface area contributed by atoms with Gasteiger partial charge in [-0.1, -0.05) is 75.8 Å². The van der Waals surface area contributed by atoms with Crippen LogP contribution in [0.3, 0.4) is 0 Å². The second kappa shape index (κ2) is 13.4. The molecule has 0 aliphatic rings. The number of hydrogen-bond acceptors (Lipinski definition) is 1. The Hall–Kier alpha value is -1.24. The Morgan fingerprint density at radius 2 is 1.32 bits per heavy atom. The van der Waals surface area contributed by atoms with Gasteiger partial charge in [0.05, 0.1) is 6.26 Å². The Morgan fingerprint density at radius 1 is 0.773 bits per heavy atom. The molecule has 0 saturated carbocycles. The van der Waals surface area contributed by atoms with Gasteiger partial charge in [0.25, 0.3) is 0 Å². The van der Waals surface area contributed by atoms with Gasteiger partial charge in [0, 0.05) is 0 Å². The number of aryl methyl sites for hydroxylation is 2. The smallest absolute Gasteiger partial charge is 0.0751 e. The Kier molecular flexibility index (Phi) is 11.5. The van der Waals surface area contributed by atoms with Gasteiger partial charge >= 0.3 is 0 Å².